The van der Waals surface area contributed by atoms with Gasteiger partial charge < -0.3 is 10.2 Å². The average molecular weight is 275 g/mol. The Morgan fingerprint density at radius 3 is 2.53 bits per heavy atom. The van der Waals surface area contributed by atoms with Crippen molar-refractivity contribution in [1.82, 2.24) is 9.88 Å². The first-order chi connectivity index (χ1) is 9.08. The maximum atomic E-state index is 11.8. The van der Waals surface area contributed by atoms with Gasteiger partial charge in [-0.3, -0.25) is 4.79 Å². The van der Waals surface area contributed by atoms with Gasteiger partial charge in [0.05, 0.1) is 17.2 Å². The first-order valence-electron chi connectivity index (χ1n) is 6.04. The maximum absolute atomic E-state index is 11.8. The predicted molar refractivity (Wildman–Crippen MR) is 78.6 cm³/mol. The number of hydrogen-bond acceptors (Lipinski definition) is 4. The van der Waals surface area contributed by atoms with Gasteiger partial charge >= 0.3 is 0 Å². The molecule has 0 saturated heterocycles. The van der Waals surface area contributed by atoms with Crippen LogP contribution in [0.5, 0.6) is 0 Å². The van der Waals surface area contributed by atoms with Gasteiger partial charge in [0.15, 0.2) is 0 Å². The van der Waals surface area contributed by atoms with Gasteiger partial charge in [0.25, 0.3) is 5.91 Å². The standard InChI is InChI=1S/C14H17N3OS/c1-10(13-8-19-9-15-13)16-12-6-4-11(5-7-12)14(18)17(2)3/h4-10,16H,1-3H3. The first-order valence-corrected chi connectivity index (χ1v) is 6.98. The molecule has 0 aliphatic heterocycles. The lowest BCUT2D eigenvalue weighted by Gasteiger charge is -2.14. The molecule has 0 saturated carbocycles. The molecule has 1 aromatic carbocycles. The van der Waals surface area contributed by atoms with Crippen LogP contribution in [0.2, 0.25) is 0 Å². The van der Waals surface area contributed by atoms with Gasteiger partial charge in [-0.05, 0) is 31.2 Å². The van der Waals surface area contributed by atoms with Gasteiger partial charge in [0, 0.05) is 30.7 Å². The average Bonchev–Trinajstić information content (AvgIpc) is 2.92. The molecule has 2 rings (SSSR count). The number of nitrogens with zero attached hydrogens (tertiary/aromatic N) is 2. The van der Waals surface area contributed by atoms with E-state index in [1.165, 1.54) is 0 Å². The zero-order chi connectivity index (χ0) is 13.8. The number of hydrogen-bond donors (Lipinski definition) is 1. The third-order valence-corrected chi connectivity index (χ3v) is 3.42. The first kappa shape index (κ1) is 13.5. The molecule has 0 aliphatic carbocycles. The molecule has 1 heterocycles. The second kappa shape index (κ2) is 5.84. The molecular weight excluding hydrogens is 258 g/mol. The molecule has 4 nitrogen and oxygen atoms in total. The fraction of sp³-hybridized carbons (Fsp3) is 0.286. The minimum absolute atomic E-state index is 0.0131. The Hall–Kier alpha value is -1.88. The van der Waals surface area contributed by atoms with Crippen molar-refractivity contribution in [2.75, 3.05) is 19.4 Å². The lowest BCUT2D eigenvalue weighted by Crippen LogP contribution is -2.21. The van der Waals surface area contributed by atoms with Crippen LogP contribution in [0.1, 0.15) is 29.0 Å². The summed E-state index contributed by atoms with van der Waals surface area (Å²) in [6.07, 6.45) is 0. The van der Waals surface area contributed by atoms with Crippen LogP contribution in [0, 0.1) is 0 Å². The molecular formula is C14H17N3OS. The molecule has 0 spiro atoms. The van der Waals surface area contributed by atoms with Crippen LogP contribution in [-0.2, 0) is 0 Å². The molecule has 19 heavy (non-hydrogen) atoms. The van der Waals surface area contributed by atoms with E-state index in [4.69, 9.17) is 0 Å². The lowest BCUT2D eigenvalue weighted by molar-refractivity contribution is 0.0827. The molecule has 1 aromatic heterocycles. The van der Waals surface area contributed by atoms with E-state index < -0.39 is 0 Å². The van der Waals surface area contributed by atoms with Crippen LogP contribution in [0.3, 0.4) is 0 Å². The van der Waals surface area contributed by atoms with E-state index in [0.717, 1.165) is 11.4 Å². The summed E-state index contributed by atoms with van der Waals surface area (Å²) in [6.45, 7) is 2.06. The van der Waals surface area contributed by atoms with Gasteiger partial charge in [-0.15, -0.1) is 11.3 Å². The van der Waals surface area contributed by atoms with E-state index in [0.29, 0.717) is 5.56 Å². The maximum Gasteiger partial charge on any atom is 0.253 e. The topological polar surface area (TPSA) is 45.2 Å². The van der Waals surface area contributed by atoms with Gasteiger partial charge in [-0.1, -0.05) is 0 Å². The van der Waals surface area contributed by atoms with Crippen LogP contribution in [0.25, 0.3) is 0 Å². The van der Waals surface area contributed by atoms with Crippen molar-refractivity contribution in [2.45, 2.75) is 13.0 Å². The summed E-state index contributed by atoms with van der Waals surface area (Å²) in [5.74, 6) is 0.0131. The van der Waals surface area contributed by atoms with Crippen molar-refractivity contribution < 1.29 is 4.79 Å². The van der Waals surface area contributed by atoms with E-state index in [2.05, 4.69) is 17.2 Å². The highest BCUT2D eigenvalue weighted by Crippen LogP contribution is 2.19. The molecule has 1 unspecified atom stereocenters. The molecule has 1 amide bonds. The molecule has 5 heteroatoms. The number of anilines is 1. The highest BCUT2D eigenvalue weighted by Gasteiger charge is 2.09. The zero-order valence-corrected chi connectivity index (χ0v) is 12.1. The molecule has 2 aromatic rings. The fourth-order valence-electron chi connectivity index (χ4n) is 1.73. The summed E-state index contributed by atoms with van der Waals surface area (Å²) in [5.41, 5.74) is 4.53. The summed E-state index contributed by atoms with van der Waals surface area (Å²) in [7, 11) is 3.50. The number of amides is 1. The van der Waals surface area contributed by atoms with E-state index in [9.17, 15) is 4.79 Å². The molecule has 100 valence electrons. The number of nitrogens with one attached hydrogen (secondary N) is 1. The number of rotatable bonds is 4. The summed E-state index contributed by atoms with van der Waals surface area (Å²) in [5, 5.41) is 5.39. The molecule has 0 aliphatic rings. The van der Waals surface area contributed by atoms with Crippen molar-refractivity contribution >= 4 is 22.9 Å². The Bertz CT molecular complexity index is 534. The number of carbonyl (C=O) groups is 1. The molecule has 0 radical (unpaired) electrons. The predicted octanol–water partition coefficient (Wildman–Crippen LogP) is 3.02. The van der Waals surface area contributed by atoms with E-state index >= 15 is 0 Å². The molecule has 0 bridgehead atoms. The van der Waals surface area contributed by atoms with Crippen molar-refractivity contribution in [3.63, 3.8) is 0 Å². The molecule has 1 N–H and O–H groups in total. The number of thiazole rings is 1. The van der Waals surface area contributed by atoms with Crippen molar-refractivity contribution in [1.29, 1.82) is 0 Å². The Labute approximate surface area is 117 Å². The van der Waals surface area contributed by atoms with Gasteiger partial charge in [-0.25, -0.2) is 4.98 Å². The van der Waals surface area contributed by atoms with Crippen LogP contribution in [-0.4, -0.2) is 29.9 Å². The van der Waals surface area contributed by atoms with Crippen LogP contribution < -0.4 is 5.32 Å². The number of benzene rings is 1. The zero-order valence-electron chi connectivity index (χ0n) is 11.3. The normalized spacial score (nSPS) is 11.9. The third-order valence-electron chi connectivity index (χ3n) is 2.82. The smallest absolute Gasteiger partial charge is 0.253 e. The van der Waals surface area contributed by atoms with E-state index in [1.807, 2.05) is 35.2 Å². The van der Waals surface area contributed by atoms with Crippen LogP contribution >= 0.6 is 11.3 Å². The highest BCUT2D eigenvalue weighted by atomic mass is 32.1. The number of carbonyl (C=O) groups excluding carboxylic acids is 1. The minimum Gasteiger partial charge on any atom is -0.377 e. The van der Waals surface area contributed by atoms with Gasteiger partial charge in [-0.2, -0.15) is 0 Å². The Morgan fingerprint density at radius 2 is 2.00 bits per heavy atom. The van der Waals surface area contributed by atoms with Crippen molar-refractivity contribution in [3.05, 3.63) is 46.4 Å². The number of aromatic nitrogens is 1. The van der Waals surface area contributed by atoms with Crippen molar-refractivity contribution in [2.24, 2.45) is 0 Å². The summed E-state index contributed by atoms with van der Waals surface area (Å²) in [4.78, 5) is 17.6. The Morgan fingerprint density at radius 1 is 1.32 bits per heavy atom. The van der Waals surface area contributed by atoms with E-state index in [-0.39, 0.29) is 11.9 Å². The molecule has 0 fully saturated rings. The van der Waals surface area contributed by atoms with E-state index in [1.54, 1.807) is 30.3 Å². The summed E-state index contributed by atoms with van der Waals surface area (Å²) in [6, 6.07) is 7.65. The largest absolute Gasteiger partial charge is 0.377 e. The second-order valence-corrected chi connectivity index (χ2v) is 5.27. The van der Waals surface area contributed by atoms with Gasteiger partial charge in [0.2, 0.25) is 0 Å². The molecule has 1 atom stereocenters. The summed E-state index contributed by atoms with van der Waals surface area (Å²) < 4.78 is 0. The second-order valence-electron chi connectivity index (χ2n) is 4.56. The lowest BCUT2D eigenvalue weighted by atomic mass is 10.1. The highest BCUT2D eigenvalue weighted by molar-refractivity contribution is 7.07. The van der Waals surface area contributed by atoms with Crippen LogP contribution in [0.4, 0.5) is 5.69 Å². The minimum atomic E-state index is 0.0131. The fourth-order valence-corrected chi connectivity index (χ4v) is 2.37. The third kappa shape index (κ3) is 3.32. The van der Waals surface area contributed by atoms with Crippen LogP contribution in [0.15, 0.2) is 35.2 Å². The van der Waals surface area contributed by atoms with Gasteiger partial charge in [0.1, 0.15) is 0 Å². The summed E-state index contributed by atoms with van der Waals surface area (Å²) >= 11 is 1.59. The Balaban J connectivity index is 2.05. The monoisotopic (exact) mass is 275 g/mol. The van der Waals surface area contributed by atoms with Crippen molar-refractivity contribution in [3.8, 4) is 0 Å². The Kier molecular flexibility index (Phi) is 4.16. The SMILES string of the molecule is CC(Nc1ccc(C(=O)N(C)C)cc1)c1cscn1. The quantitative estimate of drug-likeness (QED) is 0.933.